The normalized spacial score (nSPS) is 11.2. The third-order valence-corrected chi connectivity index (χ3v) is 4.40. The molecule has 150 valence electrons. The number of carbonyl (C=O) groups excluding carboxylic acids is 1. The maximum Gasteiger partial charge on any atom is 0.251 e. The Labute approximate surface area is 170 Å². The van der Waals surface area contributed by atoms with Crippen molar-refractivity contribution in [3.05, 3.63) is 78.2 Å². The molecule has 0 fully saturated rings. The van der Waals surface area contributed by atoms with E-state index in [0.717, 1.165) is 23.0 Å². The standard InChI is InChI=1S/C22H26N6O/c1-23-22(25-14-13-24-21(29)18-11-7-4-8-12-18)28(2)16-20-26-15-19(27-20)17-9-5-3-6-10-17/h3-12,15H,13-14,16H2,1-2H3,(H,23,25)(H,24,29)(H,26,27). The molecule has 29 heavy (non-hydrogen) atoms. The SMILES string of the molecule is CN=C(NCCNC(=O)c1ccccc1)N(C)Cc1ncc(-c2ccccc2)[nH]1. The van der Waals surface area contributed by atoms with Gasteiger partial charge in [0.15, 0.2) is 5.96 Å². The number of aromatic nitrogens is 2. The molecule has 0 atom stereocenters. The molecule has 0 saturated carbocycles. The predicted molar refractivity (Wildman–Crippen MR) is 116 cm³/mol. The number of rotatable bonds is 7. The number of hydrogen-bond acceptors (Lipinski definition) is 3. The van der Waals surface area contributed by atoms with Crippen molar-refractivity contribution in [3.63, 3.8) is 0 Å². The summed E-state index contributed by atoms with van der Waals surface area (Å²) in [6.07, 6.45) is 1.84. The molecule has 7 heteroatoms. The van der Waals surface area contributed by atoms with Gasteiger partial charge in [-0.2, -0.15) is 0 Å². The number of nitrogens with one attached hydrogen (secondary N) is 3. The molecule has 0 saturated heterocycles. The molecular weight excluding hydrogens is 364 g/mol. The minimum Gasteiger partial charge on any atom is -0.354 e. The van der Waals surface area contributed by atoms with E-state index >= 15 is 0 Å². The van der Waals surface area contributed by atoms with Gasteiger partial charge < -0.3 is 20.5 Å². The number of H-pyrrole nitrogens is 1. The largest absolute Gasteiger partial charge is 0.354 e. The van der Waals surface area contributed by atoms with Crippen LogP contribution in [-0.2, 0) is 6.54 Å². The average Bonchev–Trinajstić information content (AvgIpc) is 3.23. The Morgan fingerprint density at radius 3 is 2.38 bits per heavy atom. The fourth-order valence-corrected chi connectivity index (χ4v) is 2.93. The van der Waals surface area contributed by atoms with Crippen LogP contribution in [0.2, 0.25) is 0 Å². The summed E-state index contributed by atoms with van der Waals surface area (Å²) in [7, 11) is 3.68. The lowest BCUT2D eigenvalue weighted by Crippen LogP contribution is -2.42. The highest BCUT2D eigenvalue weighted by atomic mass is 16.1. The third kappa shape index (κ3) is 5.68. The Bertz CT molecular complexity index is 936. The summed E-state index contributed by atoms with van der Waals surface area (Å²) in [4.78, 5) is 26.2. The number of carbonyl (C=O) groups is 1. The number of hydrogen-bond donors (Lipinski definition) is 3. The number of amides is 1. The van der Waals surface area contributed by atoms with Crippen molar-refractivity contribution in [1.82, 2.24) is 25.5 Å². The van der Waals surface area contributed by atoms with Gasteiger partial charge in [-0.1, -0.05) is 48.5 Å². The molecular formula is C22H26N6O. The summed E-state index contributed by atoms with van der Waals surface area (Å²) >= 11 is 0. The zero-order valence-electron chi connectivity index (χ0n) is 16.7. The smallest absolute Gasteiger partial charge is 0.251 e. The lowest BCUT2D eigenvalue weighted by atomic mass is 10.2. The number of benzene rings is 2. The van der Waals surface area contributed by atoms with Crippen molar-refractivity contribution in [2.75, 3.05) is 27.2 Å². The molecule has 3 rings (SSSR count). The van der Waals surface area contributed by atoms with Gasteiger partial charge in [0.05, 0.1) is 18.4 Å². The molecule has 2 aromatic carbocycles. The maximum atomic E-state index is 12.1. The van der Waals surface area contributed by atoms with Crippen LogP contribution in [0.4, 0.5) is 0 Å². The minimum absolute atomic E-state index is 0.0835. The van der Waals surface area contributed by atoms with E-state index in [4.69, 9.17) is 0 Å². The molecule has 3 aromatic rings. The van der Waals surface area contributed by atoms with E-state index < -0.39 is 0 Å². The average molecular weight is 390 g/mol. The quantitative estimate of drug-likeness (QED) is 0.329. The van der Waals surface area contributed by atoms with E-state index in [1.165, 1.54) is 0 Å². The second kappa shape index (κ2) is 10.1. The van der Waals surface area contributed by atoms with E-state index in [0.29, 0.717) is 25.2 Å². The molecule has 7 nitrogen and oxygen atoms in total. The van der Waals surface area contributed by atoms with Crippen molar-refractivity contribution < 1.29 is 4.79 Å². The molecule has 0 bridgehead atoms. The van der Waals surface area contributed by atoms with Crippen LogP contribution in [0.5, 0.6) is 0 Å². The number of aromatic amines is 1. The van der Waals surface area contributed by atoms with Gasteiger partial charge in [-0.05, 0) is 17.7 Å². The van der Waals surface area contributed by atoms with Crippen LogP contribution in [0.15, 0.2) is 71.9 Å². The fraction of sp³-hybridized carbons (Fsp3) is 0.227. The summed E-state index contributed by atoms with van der Waals surface area (Å²) in [6.45, 7) is 1.66. The summed E-state index contributed by atoms with van der Waals surface area (Å²) < 4.78 is 0. The first-order valence-corrected chi connectivity index (χ1v) is 9.51. The Morgan fingerprint density at radius 2 is 1.69 bits per heavy atom. The van der Waals surface area contributed by atoms with Crippen LogP contribution >= 0.6 is 0 Å². The first kappa shape index (κ1) is 20.1. The Kier molecular flexibility index (Phi) is 7.00. The van der Waals surface area contributed by atoms with Gasteiger partial charge in [-0.3, -0.25) is 9.79 Å². The first-order chi connectivity index (χ1) is 14.2. The minimum atomic E-state index is -0.0835. The molecule has 1 heterocycles. The molecule has 1 aromatic heterocycles. The zero-order valence-corrected chi connectivity index (χ0v) is 16.7. The Morgan fingerprint density at radius 1 is 1.03 bits per heavy atom. The van der Waals surface area contributed by atoms with Crippen LogP contribution in [0.25, 0.3) is 11.3 Å². The van der Waals surface area contributed by atoms with Crippen molar-refractivity contribution in [2.45, 2.75) is 6.54 Å². The third-order valence-electron chi connectivity index (χ3n) is 4.40. The molecule has 0 radical (unpaired) electrons. The van der Waals surface area contributed by atoms with Crippen LogP contribution in [0.1, 0.15) is 16.2 Å². The molecule has 0 unspecified atom stereocenters. The maximum absolute atomic E-state index is 12.1. The molecule has 0 aliphatic rings. The lowest BCUT2D eigenvalue weighted by molar-refractivity contribution is 0.0954. The highest BCUT2D eigenvalue weighted by molar-refractivity contribution is 5.94. The topological polar surface area (TPSA) is 85.4 Å². The van der Waals surface area contributed by atoms with Crippen LogP contribution in [0, 0.1) is 0 Å². The Hall–Kier alpha value is -3.61. The number of imidazole rings is 1. The number of aliphatic imine (C=N–C) groups is 1. The van der Waals surface area contributed by atoms with Crippen molar-refractivity contribution in [2.24, 2.45) is 4.99 Å². The monoisotopic (exact) mass is 390 g/mol. The van der Waals surface area contributed by atoms with Gasteiger partial charge in [-0.25, -0.2) is 4.98 Å². The van der Waals surface area contributed by atoms with Gasteiger partial charge in [-0.15, -0.1) is 0 Å². The van der Waals surface area contributed by atoms with Crippen LogP contribution < -0.4 is 10.6 Å². The summed E-state index contributed by atoms with van der Waals surface area (Å²) in [5, 5.41) is 6.15. The van der Waals surface area contributed by atoms with E-state index in [2.05, 4.69) is 25.6 Å². The van der Waals surface area contributed by atoms with Gasteiger partial charge in [0.2, 0.25) is 0 Å². The van der Waals surface area contributed by atoms with Gasteiger partial charge in [0.1, 0.15) is 5.82 Å². The summed E-state index contributed by atoms with van der Waals surface area (Å²) in [5.41, 5.74) is 2.74. The predicted octanol–water partition coefficient (Wildman–Crippen LogP) is 2.51. The number of nitrogens with zero attached hydrogens (tertiary/aromatic N) is 3. The zero-order chi connectivity index (χ0) is 20.5. The van der Waals surface area contributed by atoms with Crippen molar-refractivity contribution in [3.8, 4) is 11.3 Å². The molecule has 1 amide bonds. The van der Waals surface area contributed by atoms with Crippen molar-refractivity contribution >= 4 is 11.9 Å². The molecule has 3 N–H and O–H groups in total. The van der Waals surface area contributed by atoms with Crippen LogP contribution in [-0.4, -0.2) is 53.9 Å². The van der Waals surface area contributed by atoms with Gasteiger partial charge in [0, 0.05) is 32.7 Å². The van der Waals surface area contributed by atoms with Crippen molar-refractivity contribution in [1.29, 1.82) is 0 Å². The van der Waals surface area contributed by atoms with E-state index in [-0.39, 0.29) is 5.91 Å². The number of guanidine groups is 1. The molecule has 0 aliphatic carbocycles. The lowest BCUT2D eigenvalue weighted by Gasteiger charge is -2.21. The van der Waals surface area contributed by atoms with Gasteiger partial charge in [0.25, 0.3) is 5.91 Å². The second-order valence-corrected chi connectivity index (χ2v) is 6.56. The fourth-order valence-electron chi connectivity index (χ4n) is 2.93. The summed E-state index contributed by atoms with van der Waals surface area (Å²) in [5.74, 6) is 1.50. The molecule has 0 aliphatic heterocycles. The first-order valence-electron chi connectivity index (χ1n) is 9.51. The second-order valence-electron chi connectivity index (χ2n) is 6.56. The summed E-state index contributed by atoms with van der Waals surface area (Å²) in [6, 6.07) is 19.3. The van der Waals surface area contributed by atoms with E-state index in [1.807, 2.05) is 66.7 Å². The highest BCUT2D eigenvalue weighted by Crippen LogP contribution is 2.16. The van der Waals surface area contributed by atoms with E-state index in [9.17, 15) is 4.79 Å². The van der Waals surface area contributed by atoms with Gasteiger partial charge >= 0.3 is 0 Å². The van der Waals surface area contributed by atoms with E-state index in [1.54, 1.807) is 19.2 Å². The van der Waals surface area contributed by atoms with Crippen LogP contribution in [0.3, 0.4) is 0 Å². The Balaban J connectivity index is 1.46. The highest BCUT2D eigenvalue weighted by Gasteiger charge is 2.10. The molecule has 0 spiro atoms.